The highest BCUT2D eigenvalue weighted by Crippen LogP contribution is 2.13. The Labute approximate surface area is 95.3 Å². The second kappa shape index (κ2) is 4.79. The summed E-state index contributed by atoms with van der Waals surface area (Å²) < 4.78 is 0. The van der Waals surface area contributed by atoms with Gasteiger partial charge in [0.15, 0.2) is 0 Å². The molecule has 1 heterocycles. The number of hydrogen-bond donors (Lipinski definition) is 1. The number of rotatable bonds is 4. The van der Waals surface area contributed by atoms with Crippen LogP contribution in [0.3, 0.4) is 0 Å². The minimum Gasteiger partial charge on any atom is -0.383 e. The average molecular weight is 216 g/mol. The van der Waals surface area contributed by atoms with Crippen LogP contribution < -0.4 is 5.32 Å². The van der Waals surface area contributed by atoms with E-state index in [1.165, 1.54) is 0 Å². The maximum Gasteiger partial charge on any atom is 0.0858 e. The topological polar surface area (TPSA) is 42.7 Å². The van der Waals surface area contributed by atoms with Crippen LogP contribution in [0.15, 0.2) is 36.7 Å². The summed E-state index contributed by atoms with van der Waals surface area (Å²) in [5.41, 5.74) is 2.10. The van der Waals surface area contributed by atoms with Crippen molar-refractivity contribution in [1.82, 2.24) is 15.0 Å². The van der Waals surface area contributed by atoms with Gasteiger partial charge in [-0.15, -0.1) is 0 Å². The molecule has 0 aliphatic rings. The van der Waals surface area contributed by atoms with E-state index in [9.17, 15) is 0 Å². The Balaban J connectivity index is 2.11. The van der Waals surface area contributed by atoms with Crippen molar-refractivity contribution >= 4 is 5.69 Å². The van der Waals surface area contributed by atoms with Gasteiger partial charge in [0.2, 0.25) is 0 Å². The zero-order valence-corrected chi connectivity index (χ0v) is 9.59. The third kappa shape index (κ3) is 2.39. The van der Waals surface area contributed by atoms with Crippen molar-refractivity contribution in [2.24, 2.45) is 0 Å². The van der Waals surface area contributed by atoms with Crippen molar-refractivity contribution in [1.29, 1.82) is 0 Å². The fourth-order valence-corrected chi connectivity index (χ4v) is 1.43. The molecule has 0 bridgehead atoms. The molecular weight excluding hydrogens is 200 g/mol. The van der Waals surface area contributed by atoms with Crippen LogP contribution >= 0.6 is 0 Å². The summed E-state index contributed by atoms with van der Waals surface area (Å²) in [6.45, 7) is 4.34. The molecule has 84 valence electrons. The molecule has 4 nitrogen and oxygen atoms in total. The third-order valence-electron chi connectivity index (χ3n) is 2.54. The lowest BCUT2D eigenvalue weighted by atomic mass is 10.2. The van der Waals surface area contributed by atoms with Gasteiger partial charge in [-0.3, -0.25) is 0 Å². The Kier molecular flexibility index (Phi) is 3.19. The molecule has 2 aromatic rings. The van der Waals surface area contributed by atoms with E-state index in [1.807, 2.05) is 24.3 Å². The van der Waals surface area contributed by atoms with Crippen LogP contribution in [0.25, 0.3) is 5.69 Å². The van der Waals surface area contributed by atoms with Gasteiger partial charge in [0.1, 0.15) is 0 Å². The normalized spacial score (nSPS) is 12.4. The van der Waals surface area contributed by atoms with Gasteiger partial charge in [0.05, 0.1) is 18.1 Å². The van der Waals surface area contributed by atoms with Crippen molar-refractivity contribution < 1.29 is 0 Å². The van der Waals surface area contributed by atoms with Gasteiger partial charge in [0.25, 0.3) is 0 Å². The Hall–Kier alpha value is -1.84. The monoisotopic (exact) mass is 216 g/mol. The van der Waals surface area contributed by atoms with E-state index >= 15 is 0 Å². The molecule has 1 N–H and O–H groups in total. The lowest BCUT2D eigenvalue weighted by molar-refractivity contribution is 0.750. The molecule has 1 aromatic carbocycles. The Bertz CT molecular complexity index is 419. The SMILES string of the molecule is CCC(C)Nc1ccc(-n2nccn2)cc1. The molecule has 1 unspecified atom stereocenters. The van der Waals surface area contributed by atoms with Crippen molar-refractivity contribution in [3.05, 3.63) is 36.7 Å². The van der Waals surface area contributed by atoms with E-state index in [1.54, 1.807) is 17.2 Å². The number of aromatic nitrogens is 3. The maximum absolute atomic E-state index is 4.08. The molecular formula is C12H16N4. The predicted molar refractivity (Wildman–Crippen MR) is 64.7 cm³/mol. The summed E-state index contributed by atoms with van der Waals surface area (Å²) in [4.78, 5) is 1.60. The summed E-state index contributed by atoms with van der Waals surface area (Å²) in [7, 11) is 0. The summed E-state index contributed by atoms with van der Waals surface area (Å²) in [5.74, 6) is 0. The molecule has 0 amide bonds. The predicted octanol–water partition coefficient (Wildman–Crippen LogP) is 2.48. The molecule has 2 rings (SSSR count). The molecule has 0 aliphatic heterocycles. The molecule has 16 heavy (non-hydrogen) atoms. The zero-order valence-electron chi connectivity index (χ0n) is 9.59. The van der Waals surface area contributed by atoms with Crippen LogP contribution in [-0.4, -0.2) is 21.0 Å². The van der Waals surface area contributed by atoms with E-state index in [4.69, 9.17) is 0 Å². The van der Waals surface area contributed by atoms with Crippen LogP contribution in [0.5, 0.6) is 0 Å². The summed E-state index contributed by atoms with van der Waals surface area (Å²) in [5, 5.41) is 11.6. The van der Waals surface area contributed by atoms with E-state index in [2.05, 4.69) is 29.4 Å². The van der Waals surface area contributed by atoms with Crippen molar-refractivity contribution in [2.45, 2.75) is 26.3 Å². The molecule has 0 saturated carbocycles. The van der Waals surface area contributed by atoms with Gasteiger partial charge >= 0.3 is 0 Å². The Morgan fingerprint density at radius 1 is 1.19 bits per heavy atom. The summed E-state index contributed by atoms with van der Waals surface area (Å²) in [6.07, 6.45) is 4.46. The largest absolute Gasteiger partial charge is 0.383 e. The average Bonchev–Trinajstić information content (AvgIpc) is 2.83. The highest BCUT2D eigenvalue weighted by Gasteiger charge is 2.00. The molecule has 1 aromatic heterocycles. The first-order chi connectivity index (χ1) is 7.79. The van der Waals surface area contributed by atoms with Crippen LogP contribution in [0.1, 0.15) is 20.3 Å². The van der Waals surface area contributed by atoms with Gasteiger partial charge < -0.3 is 5.32 Å². The first kappa shape index (κ1) is 10.7. The van der Waals surface area contributed by atoms with Gasteiger partial charge in [-0.25, -0.2) is 0 Å². The highest BCUT2D eigenvalue weighted by atomic mass is 15.5. The van der Waals surface area contributed by atoms with Crippen LogP contribution in [0, 0.1) is 0 Å². The van der Waals surface area contributed by atoms with E-state index in [-0.39, 0.29) is 0 Å². The highest BCUT2D eigenvalue weighted by molar-refractivity contribution is 5.48. The fraction of sp³-hybridized carbons (Fsp3) is 0.333. The number of anilines is 1. The van der Waals surface area contributed by atoms with Gasteiger partial charge in [0, 0.05) is 11.7 Å². The maximum atomic E-state index is 4.08. The minimum absolute atomic E-state index is 0.494. The van der Waals surface area contributed by atoms with Crippen molar-refractivity contribution in [3.63, 3.8) is 0 Å². The lowest BCUT2D eigenvalue weighted by Crippen LogP contribution is -2.13. The van der Waals surface area contributed by atoms with Gasteiger partial charge in [-0.2, -0.15) is 15.0 Å². The first-order valence-corrected chi connectivity index (χ1v) is 5.53. The molecule has 0 saturated heterocycles. The van der Waals surface area contributed by atoms with Crippen LogP contribution in [0.2, 0.25) is 0 Å². The Morgan fingerprint density at radius 2 is 1.81 bits per heavy atom. The number of benzene rings is 1. The second-order valence-electron chi connectivity index (χ2n) is 3.82. The molecule has 0 spiro atoms. The molecule has 4 heteroatoms. The van der Waals surface area contributed by atoms with E-state index in [0.29, 0.717) is 6.04 Å². The molecule has 0 fully saturated rings. The van der Waals surface area contributed by atoms with Crippen LogP contribution in [-0.2, 0) is 0 Å². The quantitative estimate of drug-likeness (QED) is 0.853. The smallest absolute Gasteiger partial charge is 0.0858 e. The summed E-state index contributed by atoms with van der Waals surface area (Å²) >= 11 is 0. The minimum atomic E-state index is 0.494. The summed E-state index contributed by atoms with van der Waals surface area (Å²) in [6, 6.07) is 8.60. The van der Waals surface area contributed by atoms with E-state index in [0.717, 1.165) is 17.8 Å². The number of nitrogens with one attached hydrogen (secondary N) is 1. The second-order valence-corrected chi connectivity index (χ2v) is 3.82. The van der Waals surface area contributed by atoms with E-state index < -0.39 is 0 Å². The lowest BCUT2D eigenvalue weighted by Gasteiger charge is -2.12. The molecule has 0 aliphatic carbocycles. The molecule has 1 atom stereocenters. The fourth-order valence-electron chi connectivity index (χ4n) is 1.43. The first-order valence-electron chi connectivity index (χ1n) is 5.53. The Morgan fingerprint density at radius 3 is 2.38 bits per heavy atom. The number of nitrogens with zero attached hydrogens (tertiary/aromatic N) is 3. The van der Waals surface area contributed by atoms with Gasteiger partial charge in [-0.05, 0) is 37.6 Å². The third-order valence-corrected chi connectivity index (χ3v) is 2.54. The van der Waals surface area contributed by atoms with Crippen LogP contribution in [0.4, 0.5) is 5.69 Å². The standard InChI is InChI=1S/C12H16N4/c1-3-10(2)15-11-4-6-12(7-5-11)16-13-8-9-14-16/h4-10,15H,3H2,1-2H3. The zero-order chi connectivity index (χ0) is 11.4. The number of hydrogen-bond acceptors (Lipinski definition) is 3. The van der Waals surface area contributed by atoms with Crippen molar-refractivity contribution in [2.75, 3.05) is 5.32 Å². The van der Waals surface area contributed by atoms with Crippen molar-refractivity contribution in [3.8, 4) is 5.69 Å². The van der Waals surface area contributed by atoms with Gasteiger partial charge in [-0.1, -0.05) is 6.92 Å². The molecule has 0 radical (unpaired) electrons.